The largest absolute Gasteiger partial charge is 0.339 e. The van der Waals surface area contributed by atoms with Gasteiger partial charge >= 0.3 is 0 Å². The zero-order valence-corrected chi connectivity index (χ0v) is 11.5. The number of nitrogens with zero attached hydrogens (tertiary/aromatic N) is 2. The van der Waals surface area contributed by atoms with E-state index in [4.69, 9.17) is 4.52 Å². The van der Waals surface area contributed by atoms with Crippen molar-refractivity contribution >= 4 is 15.9 Å². The van der Waals surface area contributed by atoms with Crippen LogP contribution in [-0.4, -0.2) is 23.2 Å². The maximum Gasteiger partial charge on any atom is 0.231 e. The minimum absolute atomic E-state index is 0.357. The minimum atomic E-state index is 0.357. The first-order chi connectivity index (χ1) is 8.83. The number of nitrogens with one attached hydrogen (secondary N) is 1. The van der Waals surface area contributed by atoms with Gasteiger partial charge in [-0.3, -0.25) is 0 Å². The Labute approximate surface area is 114 Å². The topological polar surface area (TPSA) is 51.0 Å². The van der Waals surface area contributed by atoms with Crippen LogP contribution < -0.4 is 5.32 Å². The molecule has 1 atom stereocenters. The second-order valence-electron chi connectivity index (χ2n) is 4.51. The molecule has 4 nitrogen and oxygen atoms in total. The summed E-state index contributed by atoms with van der Waals surface area (Å²) in [5.74, 6) is 1.78. The number of piperidine rings is 1. The normalized spacial score (nSPS) is 19.9. The van der Waals surface area contributed by atoms with Crippen molar-refractivity contribution in [3.8, 4) is 11.4 Å². The summed E-state index contributed by atoms with van der Waals surface area (Å²) in [5.41, 5.74) is 0.983. The fraction of sp³-hybridized carbons (Fsp3) is 0.385. The third-order valence-corrected chi connectivity index (χ3v) is 3.72. The number of rotatable bonds is 2. The number of halogens is 1. The summed E-state index contributed by atoms with van der Waals surface area (Å²) in [6.07, 6.45) is 2.29. The molecule has 0 aliphatic carbocycles. The summed E-state index contributed by atoms with van der Waals surface area (Å²) in [6, 6.07) is 7.93. The highest BCUT2D eigenvalue weighted by molar-refractivity contribution is 9.10. The van der Waals surface area contributed by atoms with Gasteiger partial charge in [-0.2, -0.15) is 4.98 Å². The summed E-state index contributed by atoms with van der Waals surface area (Å²) >= 11 is 3.41. The molecule has 1 aromatic heterocycles. The number of aromatic nitrogens is 2. The first-order valence-corrected chi connectivity index (χ1v) is 6.92. The predicted octanol–water partition coefficient (Wildman–Crippen LogP) is 2.97. The Morgan fingerprint density at radius 1 is 1.28 bits per heavy atom. The highest BCUT2D eigenvalue weighted by Gasteiger charge is 2.21. The average Bonchev–Trinajstić information content (AvgIpc) is 2.90. The Bertz CT molecular complexity index is 517. The van der Waals surface area contributed by atoms with E-state index in [1.165, 1.54) is 6.42 Å². The van der Waals surface area contributed by atoms with E-state index in [2.05, 4.69) is 31.4 Å². The molecule has 0 bridgehead atoms. The first-order valence-electron chi connectivity index (χ1n) is 6.13. The van der Waals surface area contributed by atoms with Crippen molar-refractivity contribution in [1.29, 1.82) is 0 Å². The third-order valence-electron chi connectivity index (χ3n) is 3.19. The molecule has 0 saturated carbocycles. The molecule has 2 aromatic rings. The van der Waals surface area contributed by atoms with Crippen LogP contribution >= 0.6 is 15.9 Å². The van der Waals surface area contributed by atoms with Crippen LogP contribution in [0.5, 0.6) is 0 Å². The zero-order valence-electron chi connectivity index (χ0n) is 9.90. The Morgan fingerprint density at radius 2 is 2.11 bits per heavy atom. The van der Waals surface area contributed by atoms with Gasteiger partial charge in [0.25, 0.3) is 0 Å². The van der Waals surface area contributed by atoms with Crippen LogP contribution in [0.3, 0.4) is 0 Å². The quantitative estimate of drug-likeness (QED) is 0.926. The molecule has 1 aromatic carbocycles. The molecule has 94 valence electrons. The monoisotopic (exact) mass is 307 g/mol. The van der Waals surface area contributed by atoms with Crippen LogP contribution in [0.2, 0.25) is 0 Å². The molecule has 0 unspecified atom stereocenters. The van der Waals surface area contributed by atoms with E-state index in [1.807, 2.05) is 24.3 Å². The van der Waals surface area contributed by atoms with Crippen molar-refractivity contribution in [2.45, 2.75) is 18.8 Å². The van der Waals surface area contributed by atoms with Crippen molar-refractivity contribution in [2.24, 2.45) is 0 Å². The van der Waals surface area contributed by atoms with Gasteiger partial charge in [0.2, 0.25) is 11.7 Å². The van der Waals surface area contributed by atoms with Crippen LogP contribution in [0.25, 0.3) is 11.4 Å². The standard InChI is InChI=1S/C13H14BrN3O/c14-11-5-3-9(4-6-11)12-16-13(18-17-12)10-2-1-7-15-8-10/h3-6,10,15H,1-2,7-8H2/t10-/m0/s1. The Hall–Kier alpha value is -1.20. The maximum atomic E-state index is 5.38. The Balaban J connectivity index is 1.82. The van der Waals surface area contributed by atoms with Gasteiger partial charge in [-0.05, 0) is 43.7 Å². The lowest BCUT2D eigenvalue weighted by Gasteiger charge is -2.18. The number of hydrogen-bond acceptors (Lipinski definition) is 4. The summed E-state index contributed by atoms with van der Waals surface area (Å²) in [5, 5.41) is 7.42. The fourth-order valence-corrected chi connectivity index (χ4v) is 2.44. The van der Waals surface area contributed by atoms with E-state index in [0.29, 0.717) is 11.7 Å². The Morgan fingerprint density at radius 3 is 2.83 bits per heavy atom. The van der Waals surface area contributed by atoms with Gasteiger partial charge < -0.3 is 9.84 Å². The van der Waals surface area contributed by atoms with Crippen LogP contribution in [0.15, 0.2) is 33.3 Å². The van der Waals surface area contributed by atoms with Crippen LogP contribution in [0.1, 0.15) is 24.7 Å². The lowest BCUT2D eigenvalue weighted by atomic mass is 10.00. The van der Waals surface area contributed by atoms with Gasteiger partial charge in [-0.1, -0.05) is 21.1 Å². The van der Waals surface area contributed by atoms with Gasteiger partial charge in [-0.15, -0.1) is 0 Å². The number of benzene rings is 1. The number of hydrogen-bond donors (Lipinski definition) is 1. The molecule has 1 saturated heterocycles. The van der Waals surface area contributed by atoms with Gasteiger partial charge in [0.1, 0.15) is 0 Å². The molecule has 3 rings (SSSR count). The van der Waals surface area contributed by atoms with E-state index in [1.54, 1.807) is 0 Å². The molecule has 0 amide bonds. The molecule has 1 aliphatic rings. The zero-order chi connectivity index (χ0) is 12.4. The van der Waals surface area contributed by atoms with Crippen LogP contribution in [0, 0.1) is 0 Å². The maximum absolute atomic E-state index is 5.38. The molecular formula is C13H14BrN3O. The molecule has 18 heavy (non-hydrogen) atoms. The van der Waals surface area contributed by atoms with Gasteiger partial charge in [0, 0.05) is 16.6 Å². The van der Waals surface area contributed by atoms with E-state index >= 15 is 0 Å². The third kappa shape index (κ3) is 2.47. The van der Waals surface area contributed by atoms with E-state index < -0.39 is 0 Å². The summed E-state index contributed by atoms with van der Waals surface area (Å²) in [4.78, 5) is 4.50. The molecular weight excluding hydrogens is 294 g/mol. The van der Waals surface area contributed by atoms with Gasteiger partial charge in [0.15, 0.2) is 0 Å². The molecule has 1 fully saturated rings. The Kier molecular flexibility index (Phi) is 3.43. The summed E-state index contributed by atoms with van der Waals surface area (Å²) in [6.45, 7) is 2.02. The lowest BCUT2D eigenvalue weighted by Crippen LogP contribution is -2.28. The van der Waals surface area contributed by atoms with Crippen molar-refractivity contribution in [1.82, 2.24) is 15.5 Å². The van der Waals surface area contributed by atoms with E-state index in [-0.39, 0.29) is 0 Å². The van der Waals surface area contributed by atoms with Crippen molar-refractivity contribution in [2.75, 3.05) is 13.1 Å². The molecule has 0 radical (unpaired) electrons. The molecule has 2 heterocycles. The van der Waals surface area contributed by atoms with Crippen molar-refractivity contribution < 1.29 is 4.52 Å². The second kappa shape index (κ2) is 5.20. The molecule has 0 spiro atoms. The SMILES string of the molecule is Brc1ccc(-c2noc([C@H]3CCCNC3)n2)cc1. The van der Waals surface area contributed by atoms with Crippen molar-refractivity contribution in [3.05, 3.63) is 34.6 Å². The molecule has 1 N–H and O–H groups in total. The predicted molar refractivity (Wildman–Crippen MR) is 72.3 cm³/mol. The summed E-state index contributed by atoms with van der Waals surface area (Å²) in [7, 11) is 0. The van der Waals surface area contributed by atoms with Crippen LogP contribution in [-0.2, 0) is 0 Å². The van der Waals surface area contributed by atoms with Crippen molar-refractivity contribution in [3.63, 3.8) is 0 Å². The minimum Gasteiger partial charge on any atom is -0.339 e. The first kappa shape index (κ1) is 11.9. The van der Waals surface area contributed by atoms with Gasteiger partial charge in [-0.25, -0.2) is 0 Å². The summed E-state index contributed by atoms with van der Waals surface area (Å²) < 4.78 is 6.42. The fourth-order valence-electron chi connectivity index (χ4n) is 2.18. The van der Waals surface area contributed by atoms with E-state index in [0.717, 1.165) is 35.4 Å². The smallest absolute Gasteiger partial charge is 0.231 e. The lowest BCUT2D eigenvalue weighted by molar-refractivity contribution is 0.322. The van der Waals surface area contributed by atoms with Crippen LogP contribution in [0.4, 0.5) is 0 Å². The highest BCUT2D eigenvalue weighted by atomic mass is 79.9. The molecule has 1 aliphatic heterocycles. The van der Waals surface area contributed by atoms with E-state index in [9.17, 15) is 0 Å². The second-order valence-corrected chi connectivity index (χ2v) is 5.42. The molecule has 5 heteroatoms. The van der Waals surface area contributed by atoms with Gasteiger partial charge in [0.05, 0.1) is 5.92 Å². The highest BCUT2D eigenvalue weighted by Crippen LogP contribution is 2.25. The average molecular weight is 308 g/mol.